The Labute approximate surface area is 171 Å². The molecule has 29 heavy (non-hydrogen) atoms. The summed E-state index contributed by atoms with van der Waals surface area (Å²) in [4.78, 5) is 26.6. The molecule has 3 amide bonds. The van der Waals surface area contributed by atoms with Gasteiger partial charge < -0.3 is 20.4 Å². The van der Waals surface area contributed by atoms with Gasteiger partial charge in [0.15, 0.2) is 0 Å². The fourth-order valence-corrected chi connectivity index (χ4v) is 3.50. The van der Waals surface area contributed by atoms with Gasteiger partial charge in [0.2, 0.25) is 0 Å². The highest BCUT2D eigenvalue weighted by Crippen LogP contribution is 2.25. The third-order valence-corrected chi connectivity index (χ3v) is 5.00. The predicted molar refractivity (Wildman–Crippen MR) is 112 cm³/mol. The van der Waals surface area contributed by atoms with Gasteiger partial charge in [0.1, 0.15) is 5.76 Å². The minimum atomic E-state index is -0.201. The van der Waals surface area contributed by atoms with E-state index < -0.39 is 0 Å². The average molecular weight is 399 g/mol. The minimum Gasteiger partial charge on any atom is -0.468 e. The molecular weight excluding hydrogens is 368 g/mol. The molecule has 0 unspecified atom stereocenters. The lowest BCUT2D eigenvalue weighted by molar-refractivity contribution is 0.0933. The third kappa shape index (κ3) is 6.09. The number of benzene rings is 1. The van der Waals surface area contributed by atoms with Crippen LogP contribution < -0.4 is 16.0 Å². The molecule has 0 bridgehead atoms. The molecular formula is C22H30N4O3. The highest BCUT2D eigenvalue weighted by atomic mass is 16.3. The number of nitrogens with zero attached hydrogens (tertiary/aromatic N) is 1. The van der Waals surface area contributed by atoms with Crippen LogP contribution >= 0.6 is 0 Å². The summed E-state index contributed by atoms with van der Waals surface area (Å²) in [6, 6.07) is 11.1. The molecule has 2 heterocycles. The number of carbonyl (C=O) groups is 2. The first kappa shape index (κ1) is 20.9. The topological polar surface area (TPSA) is 86.6 Å². The van der Waals surface area contributed by atoms with Crippen molar-refractivity contribution in [1.82, 2.24) is 20.9 Å². The van der Waals surface area contributed by atoms with Crippen LogP contribution in [0.25, 0.3) is 0 Å². The van der Waals surface area contributed by atoms with Gasteiger partial charge in [-0.1, -0.05) is 12.1 Å². The molecule has 2 aromatic rings. The summed E-state index contributed by atoms with van der Waals surface area (Å²) in [5.41, 5.74) is 1.53. The third-order valence-electron chi connectivity index (χ3n) is 5.00. The molecule has 3 rings (SSSR count). The fourth-order valence-electron chi connectivity index (χ4n) is 3.50. The lowest BCUT2D eigenvalue weighted by Gasteiger charge is -2.26. The Hall–Kier alpha value is -2.80. The van der Waals surface area contributed by atoms with E-state index in [-0.39, 0.29) is 24.0 Å². The summed E-state index contributed by atoms with van der Waals surface area (Å²) in [5.74, 6) is 0.770. The first-order valence-corrected chi connectivity index (χ1v) is 10.2. The van der Waals surface area contributed by atoms with Gasteiger partial charge in [-0.25, -0.2) is 4.79 Å². The van der Waals surface area contributed by atoms with Gasteiger partial charge in [-0.15, -0.1) is 0 Å². The quantitative estimate of drug-likeness (QED) is 0.638. The molecule has 0 saturated carbocycles. The summed E-state index contributed by atoms with van der Waals surface area (Å²) in [6.45, 7) is 6.78. The molecule has 0 spiro atoms. The molecule has 3 N–H and O–H groups in total. The zero-order chi connectivity index (χ0) is 20.6. The molecule has 7 nitrogen and oxygen atoms in total. The zero-order valence-corrected chi connectivity index (χ0v) is 17.1. The van der Waals surface area contributed by atoms with Gasteiger partial charge >= 0.3 is 6.03 Å². The molecule has 1 atom stereocenters. The number of amides is 3. The van der Waals surface area contributed by atoms with Crippen LogP contribution in [0.15, 0.2) is 47.1 Å². The molecule has 1 aromatic heterocycles. The van der Waals surface area contributed by atoms with Gasteiger partial charge in [-0.2, -0.15) is 0 Å². The number of furan rings is 1. The van der Waals surface area contributed by atoms with Gasteiger partial charge in [-0.05, 0) is 69.6 Å². The standard InChI is InChI=1S/C22H30N4O3/c1-16(2)25-22(28)24-14-17-7-9-18(10-8-17)21(27)23-15-19(20-6-5-13-29-20)26-11-3-4-12-26/h5-10,13,16,19H,3-4,11-12,14-15H2,1-2H3,(H,23,27)(H2,24,25,28)/t19-/m1/s1. The van der Waals surface area contributed by atoms with Crippen LogP contribution in [0.3, 0.4) is 0 Å². The SMILES string of the molecule is CC(C)NC(=O)NCc1ccc(C(=O)NC[C@H](c2ccco2)N2CCCC2)cc1. The van der Waals surface area contributed by atoms with E-state index in [0.29, 0.717) is 18.7 Å². The van der Waals surface area contributed by atoms with Crippen molar-refractivity contribution in [3.05, 3.63) is 59.5 Å². The van der Waals surface area contributed by atoms with Crippen molar-refractivity contribution in [2.24, 2.45) is 0 Å². The maximum absolute atomic E-state index is 12.6. The second kappa shape index (κ2) is 10.1. The van der Waals surface area contributed by atoms with E-state index in [1.807, 2.05) is 38.1 Å². The molecule has 1 saturated heterocycles. The van der Waals surface area contributed by atoms with Crippen molar-refractivity contribution in [3.8, 4) is 0 Å². The Bertz CT molecular complexity index is 781. The number of urea groups is 1. The van der Waals surface area contributed by atoms with Gasteiger partial charge in [0.25, 0.3) is 5.91 Å². The monoisotopic (exact) mass is 398 g/mol. The Morgan fingerprint density at radius 1 is 1.07 bits per heavy atom. The minimum absolute atomic E-state index is 0.0550. The van der Waals surface area contributed by atoms with E-state index >= 15 is 0 Å². The summed E-state index contributed by atoms with van der Waals surface area (Å²) < 4.78 is 5.60. The summed E-state index contributed by atoms with van der Waals surface area (Å²) in [6.07, 6.45) is 4.03. The van der Waals surface area contributed by atoms with Crippen LogP contribution in [0.2, 0.25) is 0 Å². The zero-order valence-electron chi connectivity index (χ0n) is 17.1. The molecule has 1 aromatic carbocycles. The first-order valence-electron chi connectivity index (χ1n) is 10.2. The average Bonchev–Trinajstić information content (AvgIpc) is 3.41. The van der Waals surface area contributed by atoms with Crippen LogP contribution in [0, 0.1) is 0 Å². The van der Waals surface area contributed by atoms with E-state index in [9.17, 15) is 9.59 Å². The van der Waals surface area contributed by atoms with Crippen molar-refractivity contribution >= 4 is 11.9 Å². The van der Waals surface area contributed by atoms with Crippen molar-refractivity contribution < 1.29 is 14.0 Å². The van der Waals surface area contributed by atoms with Crippen LogP contribution in [0.4, 0.5) is 4.79 Å². The normalized spacial score (nSPS) is 15.3. The molecule has 156 valence electrons. The number of carbonyl (C=O) groups excluding carboxylic acids is 2. The van der Waals surface area contributed by atoms with E-state index in [1.165, 1.54) is 12.8 Å². The summed E-state index contributed by atoms with van der Waals surface area (Å²) in [7, 11) is 0. The van der Waals surface area contributed by atoms with E-state index in [2.05, 4.69) is 20.9 Å². The largest absolute Gasteiger partial charge is 0.468 e. The van der Waals surface area contributed by atoms with Crippen LogP contribution in [0.1, 0.15) is 54.4 Å². The molecule has 0 radical (unpaired) electrons. The Kier molecular flexibility index (Phi) is 7.30. The number of rotatable bonds is 8. The van der Waals surface area contributed by atoms with E-state index in [1.54, 1.807) is 18.4 Å². The van der Waals surface area contributed by atoms with Crippen molar-refractivity contribution in [1.29, 1.82) is 0 Å². The Balaban J connectivity index is 1.52. The lowest BCUT2D eigenvalue weighted by Crippen LogP contribution is -2.39. The van der Waals surface area contributed by atoms with Crippen LogP contribution in [-0.4, -0.2) is 42.5 Å². The number of hydrogen-bond donors (Lipinski definition) is 3. The Morgan fingerprint density at radius 2 is 1.79 bits per heavy atom. The molecule has 0 aliphatic carbocycles. The highest BCUT2D eigenvalue weighted by Gasteiger charge is 2.26. The molecule has 1 fully saturated rings. The second-order valence-electron chi connectivity index (χ2n) is 7.66. The van der Waals surface area contributed by atoms with Gasteiger partial charge in [-0.3, -0.25) is 9.69 Å². The van der Waals surface area contributed by atoms with Gasteiger partial charge in [0.05, 0.1) is 12.3 Å². The predicted octanol–water partition coefficient (Wildman–Crippen LogP) is 3.05. The number of nitrogens with one attached hydrogen (secondary N) is 3. The van der Waals surface area contributed by atoms with Crippen LogP contribution in [-0.2, 0) is 6.54 Å². The first-order chi connectivity index (χ1) is 14.0. The van der Waals surface area contributed by atoms with Crippen molar-refractivity contribution in [3.63, 3.8) is 0 Å². The number of likely N-dealkylation sites (tertiary alicyclic amines) is 1. The second-order valence-corrected chi connectivity index (χ2v) is 7.66. The maximum Gasteiger partial charge on any atom is 0.315 e. The van der Waals surface area contributed by atoms with Crippen LogP contribution in [0.5, 0.6) is 0 Å². The summed E-state index contributed by atoms with van der Waals surface area (Å²) >= 11 is 0. The molecule has 7 heteroatoms. The van der Waals surface area contributed by atoms with Gasteiger partial charge in [0, 0.05) is 24.7 Å². The van der Waals surface area contributed by atoms with E-state index in [4.69, 9.17) is 4.42 Å². The fraction of sp³-hybridized carbons (Fsp3) is 0.455. The Morgan fingerprint density at radius 3 is 2.41 bits per heavy atom. The van der Waals surface area contributed by atoms with E-state index in [0.717, 1.165) is 24.4 Å². The maximum atomic E-state index is 12.6. The van der Waals surface area contributed by atoms with Crippen molar-refractivity contribution in [2.45, 2.75) is 45.3 Å². The molecule has 1 aliphatic rings. The summed E-state index contributed by atoms with van der Waals surface area (Å²) in [5, 5.41) is 8.61. The highest BCUT2D eigenvalue weighted by molar-refractivity contribution is 5.94. The molecule has 1 aliphatic heterocycles. The van der Waals surface area contributed by atoms with Crippen molar-refractivity contribution in [2.75, 3.05) is 19.6 Å². The number of hydrogen-bond acceptors (Lipinski definition) is 4. The lowest BCUT2D eigenvalue weighted by atomic mass is 10.1. The smallest absolute Gasteiger partial charge is 0.315 e.